The summed E-state index contributed by atoms with van der Waals surface area (Å²) >= 11 is 1.69. The molecular weight excluding hydrogens is 327 g/mol. The van der Waals surface area contributed by atoms with Gasteiger partial charge < -0.3 is 10.3 Å². The number of halogens is 1. The molecule has 2 heterocycles. The summed E-state index contributed by atoms with van der Waals surface area (Å²) in [6.07, 6.45) is 5.15. The van der Waals surface area contributed by atoms with Gasteiger partial charge in [0.1, 0.15) is 11.6 Å². The van der Waals surface area contributed by atoms with Crippen molar-refractivity contribution in [2.24, 2.45) is 0 Å². The largest absolute Gasteiger partial charge is 0.342 e. The third kappa shape index (κ3) is 3.73. The number of para-hydroxylation sites is 2. The van der Waals surface area contributed by atoms with Crippen LogP contribution in [0.4, 0.5) is 4.39 Å². The summed E-state index contributed by atoms with van der Waals surface area (Å²) < 4.78 is 13.3. The van der Waals surface area contributed by atoms with Gasteiger partial charge in [-0.2, -0.15) is 11.8 Å². The molecule has 5 nitrogen and oxygen atoms in total. The molecule has 0 spiro atoms. The Morgan fingerprint density at radius 1 is 1.38 bits per heavy atom. The van der Waals surface area contributed by atoms with Crippen LogP contribution in [0.25, 0.3) is 11.0 Å². The van der Waals surface area contributed by atoms with E-state index in [9.17, 15) is 9.18 Å². The number of nitrogens with one attached hydrogen (secondary N) is 2. The molecule has 0 saturated carbocycles. The first-order valence-corrected chi connectivity index (χ1v) is 8.92. The molecular formula is C17H17FN4OS. The lowest BCUT2D eigenvalue weighted by Gasteiger charge is -2.16. The number of aromatic nitrogens is 3. The average Bonchev–Trinajstić information content (AvgIpc) is 3.02. The van der Waals surface area contributed by atoms with E-state index < -0.39 is 5.82 Å². The standard InChI is InChI=1S/C17H17FN4OS/c1-24-7-6-15(16-20-13-4-2-3-5-14(13)21-16)22-17(23)11-8-12(18)10-19-9-11/h2-5,8-10,15H,6-7H2,1H3,(H,20,21)(H,22,23)/t15-/m1/s1. The molecule has 0 aliphatic carbocycles. The van der Waals surface area contributed by atoms with E-state index in [-0.39, 0.29) is 17.5 Å². The summed E-state index contributed by atoms with van der Waals surface area (Å²) in [6, 6.07) is 8.60. The average molecular weight is 344 g/mol. The number of fused-ring (bicyclic) bond motifs is 1. The zero-order chi connectivity index (χ0) is 16.9. The lowest BCUT2D eigenvalue weighted by molar-refractivity contribution is 0.0933. The number of pyridine rings is 1. The van der Waals surface area contributed by atoms with E-state index >= 15 is 0 Å². The monoisotopic (exact) mass is 344 g/mol. The molecule has 1 atom stereocenters. The van der Waals surface area contributed by atoms with Crippen LogP contribution in [0.1, 0.15) is 28.6 Å². The van der Waals surface area contributed by atoms with Gasteiger partial charge in [-0.3, -0.25) is 9.78 Å². The maximum Gasteiger partial charge on any atom is 0.253 e. The molecule has 1 amide bonds. The molecule has 0 saturated heterocycles. The summed E-state index contributed by atoms with van der Waals surface area (Å²) in [5, 5.41) is 2.92. The number of hydrogen-bond donors (Lipinski definition) is 2. The number of imidazole rings is 1. The van der Waals surface area contributed by atoms with Gasteiger partial charge in [0, 0.05) is 6.20 Å². The van der Waals surface area contributed by atoms with Crippen LogP contribution in [-0.4, -0.2) is 32.9 Å². The summed E-state index contributed by atoms with van der Waals surface area (Å²) in [5.74, 6) is 0.659. The van der Waals surface area contributed by atoms with E-state index in [2.05, 4.69) is 20.3 Å². The fourth-order valence-electron chi connectivity index (χ4n) is 2.43. The molecule has 0 fully saturated rings. The van der Waals surface area contributed by atoms with Crippen LogP contribution in [0.3, 0.4) is 0 Å². The van der Waals surface area contributed by atoms with E-state index in [0.29, 0.717) is 5.82 Å². The Kier molecular flexibility index (Phi) is 5.10. The second-order valence-electron chi connectivity index (χ2n) is 5.34. The minimum Gasteiger partial charge on any atom is -0.342 e. The van der Waals surface area contributed by atoms with E-state index in [1.165, 1.54) is 12.3 Å². The third-order valence-corrected chi connectivity index (χ3v) is 4.26. The smallest absolute Gasteiger partial charge is 0.253 e. The Labute approximate surface area is 143 Å². The number of aromatic amines is 1. The molecule has 24 heavy (non-hydrogen) atoms. The number of nitrogens with zero attached hydrogens (tertiary/aromatic N) is 2. The fraction of sp³-hybridized carbons (Fsp3) is 0.235. The van der Waals surface area contributed by atoms with E-state index in [0.717, 1.165) is 29.4 Å². The van der Waals surface area contributed by atoms with Crippen molar-refractivity contribution in [1.82, 2.24) is 20.3 Å². The van der Waals surface area contributed by atoms with E-state index in [1.807, 2.05) is 30.5 Å². The van der Waals surface area contributed by atoms with Gasteiger partial charge in [-0.1, -0.05) is 12.1 Å². The normalized spacial score (nSPS) is 12.2. The van der Waals surface area contributed by atoms with Crippen LogP contribution in [0.15, 0.2) is 42.7 Å². The Bertz CT molecular complexity index is 818. The highest BCUT2D eigenvalue weighted by molar-refractivity contribution is 7.98. The molecule has 0 bridgehead atoms. The maximum atomic E-state index is 13.3. The van der Waals surface area contributed by atoms with Gasteiger partial charge in [0.25, 0.3) is 5.91 Å². The maximum absolute atomic E-state index is 13.3. The summed E-state index contributed by atoms with van der Waals surface area (Å²) in [5.41, 5.74) is 1.96. The lowest BCUT2D eigenvalue weighted by Crippen LogP contribution is -2.30. The number of amides is 1. The van der Waals surface area contributed by atoms with Gasteiger partial charge in [-0.25, -0.2) is 9.37 Å². The number of rotatable bonds is 6. The minimum atomic E-state index is -0.535. The highest BCUT2D eigenvalue weighted by Gasteiger charge is 2.19. The summed E-state index contributed by atoms with van der Waals surface area (Å²) in [7, 11) is 0. The van der Waals surface area contributed by atoms with Crippen molar-refractivity contribution in [1.29, 1.82) is 0 Å². The third-order valence-electron chi connectivity index (χ3n) is 3.62. The fourth-order valence-corrected chi connectivity index (χ4v) is 2.90. The van der Waals surface area contributed by atoms with Gasteiger partial charge in [0.15, 0.2) is 0 Å². The molecule has 7 heteroatoms. The second-order valence-corrected chi connectivity index (χ2v) is 6.32. The van der Waals surface area contributed by atoms with Crippen molar-refractivity contribution in [2.45, 2.75) is 12.5 Å². The molecule has 1 aromatic carbocycles. The van der Waals surface area contributed by atoms with E-state index in [4.69, 9.17) is 0 Å². The first kappa shape index (κ1) is 16.4. The van der Waals surface area contributed by atoms with Crippen LogP contribution in [0.2, 0.25) is 0 Å². The number of carbonyl (C=O) groups is 1. The van der Waals surface area contributed by atoms with Crippen LogP contribution in [0.5, 0.6) is 0 Å². The predicted molar refractivity (Wildman–Crippen MR) is 93.5 cm³/mol. The van der Waals surface area contributed by atoms with Crippen LogP contribution < -0.4 is 5.32 Å². The van der Waals surface area contributed by atoms with Crippen molar-refractivity contribution in [3.8, 4) is 0 Å². The molecule has 0 aliphatic rings. The van der Waals surface area contributed by atoms with Gasteiger partial charge in [-0.15, -0.1) is 0 Å². The Morgan fingerprint density at radius 2 is 2.21 bits per heavy atom. The van der Waals surface area contributed by atoms with Crippen LogP contribution >= 0.6 is 11.8 Å². The Balaban J connectivity index is 1.84. The predicted octanol–water partition coefficient (Wildman–Crippen LogP) is 3.32. The zero-order valence-electron chi connectivity index (χ0n) is 13.1. The molecule has 0 radical (unpaired) electrons. The van der Waals surface area contributed by atoms with Crippen molar-refractivity contribution in [3.63, 3.8) is 0 Å². The second kappa shape index (κ2) is 7.44. The molecule has 2 aromatic heterocycles. The Morgan fingerprint density at radius 3 is 2.96 bits per heavy atom. The molecule has 3 rings (SSSR count). The first-order chi connectivity index (χ1) is 11.7. The number of H-pyrrole nitrogens is 1. The Hall–Kier alpha value is -2.41. The summed E-state index contributed by atoms with van der Waals surface area (Å²) in [4.78, 5) is 23.9. The van der Waals surface area contributed by atoms with Crippen LogP contribution in [-0.2, 0) is 0 Å². The van der Waals surface area contributed by atoms with Gasteiger partial charge in [0.2, 0.25) is 0 Å². The zero-order valence-corrected chi connectivity index (χ0v) is 13.9. The number of hydrogen-bond acceptors (Lipinski definition) is 4. The highest BCUT2D eigenvalue weighted by atomic mass is 32.2. The quantitative estimate of drug-likeness (QED) is 0.720. The lowest BCUT2D eigenvalue weighted by atomic mass is 10.2. The molecule has 2 N–H and O–H groups in total. The highest BCUT2D eigenvalue weighted by Crippen LogP contribution is 2.20. The van der Waals surface area contributed by atoms with E-state index in [1.54, 1.807) is 11.8 Å². The molecule has 0 aliphatic heterocycles. The van der Waals surface area contributed by atoms with Crippen molar-refractivity contribution in [3.05, 3.63) is 59.9 Å². The van der Waals surface area contributed by atoms with Crippen molar-refractivity contribution >= 4 is 28.7 Å². The molecule has 0 unspecified atom stereocenters. The number of thioether (sulfide) groups is 1. The van der Waals surface area contributed by atoms with Gasteiger partial charge in [-0.05, 0) is 36.6 Å². The number of carbonyl (C=O) groups excluding carboxylic acids is 1. The van der Waals surface area contributed by atoms with Crippen molar-refractivity contribution < 1.29 is 9.18 Å². The van der Waals surface area contributed by atoms with Gasteiger partial charge in [0.05, 0.1) is 28.8 Å². The molecule has 124 valence electrons. The van der Waals surface area contributed by atoms with Crippen LogP contribution in [0, 0.1) is 5.82 Å². The van der Waals surface area contributed by atoms with Gasteiger partial charge >= 0.3 is 0 Å². The van der Waals surface area contributed by atoms with Crippen molar-refractivity contribution in [2.75, 3.05) is 12.0 Å². The number of benzene rings is 1. The first-order valence-electron chi connectivity index (χ1n) is 7.52. The SMILES string of the molecule is CSCC[C@@H](NC(=O)c1cncc(F)c1)c1nc2ccccc2[nH]1. The topological polar surface area (TPSA) is 70.7 Å². The summed E-state index contributed by atoms with van der Waals surface area (Å²) in [6.45, 7) is 0. The minimum absolute atomic E-state index is 0.195. The molecule has 3 aromatic rings.